The number of hydrogen-bond acceptors (Lipinski definition) is 4. The van der Waals surface area contributed by atoms with Crippen LogP contribution in [0.2, 0.25) is 0 Å². The molecule has 3 N–H and O–H groups in total. The van der Waals surface area contributed by atoms with Gasteiger partial charge in [0, 0.05) is 6.61 Å². The number of nitrogens with zero attached hydrogens (tertiary/aromatic N) is 1. The van der Waals surface area contributed by atoms with Crippen LogP contribution in [0.5, 0.6) is 0 Å². The van der Waals surface area contributed by atoms with E-state index < -0.39 is 5.60 Å². The Morgan fingerprint density at radius 2 is 2.06 bits per heavy atom. The van der Waals surface area contributed by atoms with Crippen LogP contribution >= 0.6 is 0 Å². The summed E-state index contributed by atoms with van der Waals surface area (Å²) in [4.78, 5) is 19.2. The summed E-state index contributed by atoms with van der Waals surface area (Å²) in [5.74, 6) is 0.845. The van der Waals surface area contributed by atoms with Crippen molar-refractivity contribution in [3.8, 4) is 0 Å². The second-order valence-electron chi connectivity index (χ2n) is 4.89. The molecular weight excluding hydrogens is 230 g/mol. The van der Waals surface area contributed by atoms with Crippen LogP contribution < -0.4 is 11.3 Å². The van der Waals surface area contributed by atoms with Gasteiger partial charge in [0.1, 0.15) is 17.2 Å². The molecule has 0 aromatic carbocycles. The monoisotopic (exact) mass is 253 g/mol. The molecule has 0 spiro atoms. The average Bonchev–Trinajstić information content (AvgIpc) is 2.27. The molecule has 1 unspecified atom stereocenters. The van der Waals surface area contributed by atoms with Crippen molar-refractivity contribution >= 4 is 5.82 Å². The Balaban J connectivity index is 3.33. The van der Waals surface area contributed by atoms with Gasteiger partial charge in [-0.1, -0.05) is 20.8 Å². The molecule has 5 nitrogen and oxygen atoms in total. The number of rotatable bonds is 5. The highest BCUT2D eigenvalue weighted by Crippen LogP contribution is 2.27. The molecule has 1 atom stereocenters. The predicted octanol–water partition coefficient (Wildman–Crippen LogP) is 2.14. The molecule has 0 aliphatic carbocycles. The summed E-state index contributed by atoms with van der Waals surface area (Å²) in [5.41, 5.74) is 5.65. The van der Waals surface area contributed by atoms with E-state index in [1.807, 2.05) is 34.6 Å². The first-order chi connectivity index (χ1) is 8.35. The first-order valence-corrected chi connectivity index (χ1v) is 6.39. The van der Waals surface area contributed by atoms with E-state index in [4.69, 9.17) is 10.5 Å². The number of hydrogen-bond donors (Lipinski definition) is 2. The topological polar surface area (TPSA) is 81.0 Å². The van der Waals surface area contributed by atoms with Crippen molar-refractivity contribution in [1.82, 2.24) is 9.97 Å². The summed E-state index contributed by atoms with van der Waals surface area (Å²) in [6, 6.07) is 0. The van der Waals surface area contributed by atoms with Crippen LogP contribution in [0.15, 0.2) is 4.79 Å². The molecule has 5 heteroatoms. The second kappa shape index (κ2) is 5.52. The maximum atomic E-state index is 12.0. The van der Waals surface area contributed by atoms with E-state index in [0.717, 1.165) is 0 Å². The minimum atomic E-state index is -0.600. The highest BCUT2D eigenvalue weighted by atomic mass is 16.5. The van der Waals surface area contributed by atoms with Crippen molar-refractivity contribution in [3.63, 3.8) is 0 Å². The molecule has 1 heterocycles. The van der Waals surface area contributed by atoms with Gasteiger partial charge in [-0.2, -0.15) is 0 Å². The lowest BCUT2D eigenvalue weighted by Gasteiger charge is -2.27. The Bertz CT molecular complexity index is 468. The zero-order valence-corrected chi connectivity index (χ0v) is 11.8. The summed E-state index contributed by atoms with van der Waals surface area (Å²) < 4.78 is 5.69. The minimum Gasteiger partial charge on any atom is -0.383 e. The van der Waals surface area contributed by atoms with Crippen LogP contribution in [0.25, 0.3) is 0 Å². The summed E-state index contributed by atoms with van der Waals surface area (Å²) in [6.45, 7) is 10.2. The van der Waals surface area contributed by atoms with Crippen molar-refractivity contribution in [3.05, 3.63) is 21.7 Å². The lowest BCUT2D eigenvalue weighted by molar-refractivity contribution is -0.0391. The zero-order chi connectivity index (χ0) is 13.9. The Morgan fingerprint density at radius 1 is 1.44 bits per heavy atom. The zero-order valence-electron chi connectivity index (χ0n) is 11.8. The van der Waals surface area contributed by atoms with Crippen molar-refractivity contribution in [1.29, 1.82) is 0 Å². The van der Waals surface area contributed by atoms with Gasteiger partial charge in [-0.25, -0.2) is 4.98 Å². The van der Waals surface area contributed by atoms with Crippen LogP contribution in [0, 0.1) is 0 Å². The van der Waals surface area contributed by atoms with Crippen LogP contribution in [0.1, 0.15) is 58.3 Å². The number of nitrogens with two attached hydrogens (primary N) is 1. The molecule has 0 fully saturated rings. The largest absolute Gasteiger partial charge is 0.383 e. The van der Waals surface area contributed by atoms with Gasteiger partial charge in [0.05, 0.1) is 5.56 Å². The SMILES string of the molecule is CCOC(C)(CC)c1nc(N)c(C(C)C)c(=O)[nH]1. The quantitative estimate of drug-likeness (QED) is 0.842. The minimum absolute atomic E-state index is 0.0512. The fraction of sp³-hybridized carbons (Fsp3) is 0.692. The van der Waals surface area contributed by atoms with Crippen LogP contribution in [-0.4, -0.2) is 16.6 Å². The fourth-order valence-electron chi connectivity index (χ4n) is 1.96. The Hall–Kier alpha value is -1.36. The highest BCUT2D eigenvalue weighted by Gasteiger charge is 2.29. The summed E-state index contributed by atoms with van der Waals surface area (Å²) in [7, 11) is 0. The number of aromatic nitrogens is 2. The Morgan fingerprint density at radius 3 is 2.44 bits per heavy atom. The van der Waals surface area contributed by atoms with Gasteiger partial charge in [-0.15, -0.1) is 0 Å². The van der Waals surface area contributed by atoms with Gasteiger partial charge in [0.2, 0.25) is 0 Å². The van der Waals surface area contributed by atoms with Gasteiger partial charge < -0.3 is 15.5 Å². The molecule has 0 bridgehead atoms. The molecule has 0 aliphatic rings. The van der Waals surface area contributed by atoms with Crippen LogP contribution in [0.3, 0.4) is 0 Å². The first kappa shape index (κ1) is 14.7. The Kier molecular flexibility index (Phi) is 4.51. The molecule has 18 heavy (non-hydrogen) atoms. The van der Waals surface area contributed by atoms with Gasteiger partial charge in [-0.05, 0) is 26.2 Å². The van der Waals surface area contributed by atoms with Crippen molar-refractivity contribution in [2.24, 2.45) is 0 Å². The molecular formula is C13H23N3O2. The van der Waals surface area contributed by atoms with Gasteiger partial charge >= 0.3 is 0 Å². The summed E-state index contributed by atoms with van der Waals surface area (Å²) in [6.07, 6.45) is 0.713. The van der Waals surface area contributed by atoms with E-state index in [1.165, 1.54) is 0 Å². The smallest absolute Gasteiger partial charge is 0.256 e. The number of aromatic amines is 1. The summed E-state index contributed by atoms with van der Waals surface area (Å²) >= 11 is 0. The molecule has 0 saturated heterocycles. The number of H-pyrrole nitrogens is 1. The molecule has 0 radical (unpaired) electrons. The van der Waals surface area contributed by atoms with Crippen LogP contribution in [-0.2, 0) is 10.3 Å². The molecule has 0 aliphatic heterocycles. The van der Waals surface area contributed by atoms with E-state index in [2.05, 4.69) is 9.97 Å². The fourth-order valence-corrected chi connectivity index (χ4v) is 1.96. The summed E-state index contributed by atoms with van der Waals surface area (Å²) in [5, 5.41) is 0. The highest BCUT2D eigenvalue weighted by molar-refractivity contribution is 5.40. The molecule has 1 aromatic rings. The van der Waals surface area contributed by atoms with Gasteiger partial charge in [0.15, 0.2) is 0 Å². The molecule has 1 aromatic heterocycles. The molecule has 1 rings (SSSR count). The third kappa shape index (κ3) is 2.72. The molecule has 0 saturated carbocycles. The van der Waals surface area contributed by atoms with E-state index in [-0.39, 0.29) is 11.5 Å². The first-order valence-electron chi connectivity index (χ1n) is 6.39. The molecule has 102 valence electrons. The number of anilines is 1. The number of nitrogen functional groups attached to an aromatic ring is 1. The third-order valence-corrected chi connectivity index (χ3v) is 3.20. The maximum Gasteiger partial charge on any atom is 0.256 e. The lowest BCUT2D eigenvalue weighted by atomic mass is 10.0. The van der Waals surface area contributed by atoms with Crippen LogP contribution in [0.4, 0.5) is 5.82 Å². The third-order valence-electron chi connectivity index (χ3n) is 3.20. The van der Waals surface area contributed by atoms with E-state index >= 15 is 0 Å². The standard InChI is InChI=1S/C13H23N3O2/c1-6-13(5,18-7-2)12-15-10(14)9(8(3)4)11(17)16-12/h8H,6-7H2,1-5H3,(H3,14,15,16,17). The maximum absolute atomic E-state index is 12.0. The van der Waals surface area contributed by atoms with Crippen molar-refractivity contribution in [2.75, 3.05) is 12.3 Å². The van der Waals surface area contributed by atoms with E-state index in [0.29, 0.717) is 30.2 Å². The molecule has 0 amide bonds. The van der Waals surface area contributed by atoms with Gasteiger partial charge in [-0.3, -0.25) is 4.79 Å². The average molecular weight is 253 g/mol. The normalized spacial score (nSPS) is 14.8. The van der Waals surface area contributed by atoms with E-state index in [1.54, 1.807) is 0 Å². The Labute approximate surface area is 108 Å². The predicted molar refractivity (Wildman–Crippen MR) is 72.6 cm³/mol. The number of ether oxygens (including phenoxy) is 1. The second-order valence-corrected chi connectivity index (χ2v) is 4.89. The van der Waals surface area contributed by atoms with Crippen molar-refractivity contribution < 1.29 is 4.74 Å². The van der Waals surface area contributed by atoms with Crippen molar-refractivity contribution in [2.45, 2.75) is 52.6 Å². The van der Waals surface area contributed by atoms with Gasteiger partial charge in [0.25, 0.3) is 5.56 Å². The van der Waals surface area contributed by atoms with E-state index in [9.17, 15) is 4.79 Å². The lowest BCUT2D eigenvalue weighted by Crippen LogP contribution is -2.32. The number of nitrogens with one attached hydrogen (secondary N) is 1.